The summed E-state index contributed by atoms with van der Waals surface area (Å²) in [4.78, 5) is -0.216. The van der Waals surface area contributed by atoms with Crippen molar-refractivity contribution in [1.82, 2.24) is 0 Å². The van der Waals surface area contributed by atoms with Crippen molar-refractivity contribution in [2.75, 3.05) is 0 Å². The van der Waals surface area contributed by atoms with Crippen molar-refractivity contribution in [1.29, 1.82) is 0 Å². The Labute approximate surface area is 145 Å². The van der Waals surface area contributed by atoms with Crippen molar-refractivity contribution in [3.05, 3.63) is 59.7 Å². The summed E-state index contributed by atoms with van der Waals surface area (Å²) in [6, 6.07) is 8.47. The summed E-state index contributed by atoms with van der Waals surface area (Å²) in [7, 11) is -4.29. The molecule has 0 aromatic heterocycles. The van der Waals surface area contributed by atoms with E-state index in [0.29, 0.717) is 18.2 Å². The van der Waals surface area contributed by atoms with E-state index in [0.717, 1.165) is 6.92 Å². The third-order valence-corrected chi connectivity index (χ3v) is 4.79. The smallest absolute Gasteiger partial charge is 0.379 e. The molecular formula is C16H12F6O3S. The highest BCUT2D eigenvalue weighted by atomic mass is 32.2. The second-order valence-corrected chi connectivity index (χ2v) is 6.89. The van der Waals surface area contributed by atoms with Crippen molar-refractivity contribution >= 4 is 10.1 Å². The molecule has 0 radical (unpaired) electrons. The Bertz CT molecular complexity index is 881. The van der Waals surface area contributed by atoms with Crippen molar-refractivity contribution in [2.45, 2.75) is 30.1 Å². The van der Waals surface area contributed by atoms with Crippen LogP contribution in [0.1, 0.15) is 11.1 Å². The van der Waals surface area contributed by atoms with Crippen molar-refractivity contribution < 1.29 is 38.9 Å². The monoisotopic (exact) mass is 398 g/mol. The number of benzene rings is 2. The van der Waals surface area contributed by atoms with E-state index in [9.17, 15) is 34.8 Å². The Hall–Kier alpha value is -2.23. The normalized spacial score (nSPS) is 14.9. The average Bonchev–Trinajstić information content (AvgIpc) is 2.55. The third kappa shape index (κ3) is 3.64. The second-order valence-electron chi connectivity index (χ2n) is 5.34. The Morgan fingerprint density at radius 2 is 1.54 bits per heavy atom. The summed E-state index contributed by atoms with van der Waals surface area (Å²) in [6.45, 7) is 1.11. The maximum atomic E-state index is 14.0. The van der Waals surface area contributed by atoms with Crippen LogP contribution in [0.3, 0.4) is 0 Å². The lowest BCUT2D eigenvalue weighted by atomic mass is 9.94. The van der Waals surface area contributed by atoms with Crippen molar-refractivity contribution in [3.63, 3.8) is 0 Å². The summed E-state index contributed by atoms with van der Waals surface area (Å²) in [5.41, 5.74) is -6.48. The number of aryl methyl sites for hydroxylation is 1. The number of halogens is 6. The molecule has 0 fully saturated rings. The minimum atomic E-state index is -5.86. The molecule has 2 aromatic rings. The molecule has 1 atom stereocenters. The summed E-state index contributed by atoms with van der Waals surface area (Å²) < 4.78 is 107. The molecule has 0 N–H and O–H groups in total. The predicted octanol–water partition coefficient (Wildman–Crippen LogP) is 4.75. The van der Waals surface area contributed by atoms with Crippen molar-refractivity contribution in [2.24, 2.45) is 0 Å². The number of alkyl halides is 6. The number of hydrogen-bond acceptors (Lipinski definition) is 3. The van der Waals surface area contributed by atoms with Gasteiger partial charge in [-0.05, 0) is 36.8 Å². The molecular weight excluding hydrogens is 386 g/mol. The fourth-order valence-corrected chi connectivity index (χ4v) is 3.15. The first-order valence-electron chi connectivity index (χ1n) is 7.04. The van der Waals surface area contributed by atoms with Gasteiger partial charge in [-0.15, -0.1) is 0 Å². The Morgan fingerprint density at radius 3 is 2.00 bits per heavy atom. The average molecular weight is 398 g/mol. The molecule has 142 valence electrons. The van der Waals surface area contributed by atoms with E-state index in [1.54, 1.807) is 6.07 Å². The summed E-state index contributed by atoms with van der Waals surface area (Å²) in [5, 5.41) is 0. The van der Waals surface area contributed by atoms with Crippen LogP contribution >= 0.6 is 0 Å². The van der Waals surface area contributed by atoms with Crippen LogP contribution in [0.25, 0.3) is 0 Å². The van der Waals surface area contributed by atoms with Gasteiger partial charge in [0.25, 0.3) is 12.1 Å². The highest BCUT2D eigenvalue weighted by Crippen LogP contribution is 2.47. The summed E-state index contributed by atoms with van der Waals surface area (Å²) in [5.74, 6) is -0.406. The first-order valence-corrected chi connectivity index (χ1v) is 8.45. The van der Waals surface area contributed by atoms with Crippen LogP contribution in [-0.4, -0.2) is 21.0 Å². The molecule has 0 spiro atoms. The molecule has 0 saturated heterocycles. The zero-order chi connectivity index (χ0) is 19.8. The lowest BCUT2D eigenvalue weighted by molar-refractivity contribution is -0.274. The van der Waals surface area contributed by atoms with Crippen LogP contribution in [0.5, 0.6) is 5.75 Å². The third-order valence-electron chi connectivity index (χ3n) is 3.54. The minimum absolute atomic E-state index is 0.216. The first-order chi connectivity index (χ1) is 11.9. The Balaban J connectivity index is 2.42. The lowest BCUT2D eigenvalue weighted by Gasteiger charge is -2.27. The van der Waals surface area contributed by atoms with Crippen LogP contribution < -0.4 is 4.18 Å². The van der Waals surface area contributed by atoms with E-state index in [1.807, 2.05) is 0 Å². The highest BCUT2D eigenvalue weighted by molar-refractivity contribution is 7.87. The fourth-order valence-electron chi connectivity index (χ4n) is 2.14. The Morgan fingerprint density at radius 1 is 0.962 bits per heavy atom. The largest absolute Gasteiger partial charge is 0.432 e. The van der Waals surface area contributed by atoms with E-state index in [4.69, 9.17) is 4.18 Å². The topological polar surface area (TPSA) is 43.4 Å². The summed E-state index contributed by atoms with van der Waals surface area (Å²) in [6.07, 6.45) is -10.2. The van der Waals surface area contributed by atoms with Crippen molar-refractivity contribution in [3.8, 4) is 5.75 Å². The van der Waals surface area contributed by atoms with E-state index in [-0.39, 0.29) is 10.5 Å². The van der Waals surface area contributed by atoms with Gasteiger partial charge >= 0.3 is 16.3 Å². The van der Waals surface area contributed by atoms with Crippen LogP contribution in [0.2, 0.25) is 0 Å². The molecule has 2 rings (SSSR count). The first kappa shape index (κ1) is 20.1. The molecule has 0 amide bonds. The maximum Gasteiger partial charge on any atom is 0.432 e. The number of rotatable bonds is 5. The predicted molar refractivity (Wildman–Crippen MR) is 80.3 cm³/mol. The van der Waals surface area contributed by atoms with Gasteiger partial charge in [0.1, 0.15) is 10.6 Å². The summed E-state index contributed by atoms with van der Waals surface area (Å²) >= 11 is 0. The van der Waals surface area contributed by atoms with Gasteiger partial charge in [-0.3, -0.25) is 0 Å². The molecule has 0 saturated carbocycles. The van der Waals surface area contributed by atoms with Gasteiger partial charge in [-0.25, -0.2) is 13.2 Å². The van der Waals surface area contributed by atoms with Crippen LogP contribution in [-0.2, 0) is 15.8 Å². The second kappa shape index (κ2) is 6.82. The lowest BCUT2D eigenvalue weighted by Crippen LogP contribution is -2.44. The molecule has 1 unspecified atom stereocenters. The molecule has 3 nitrogen and oxygen atoms in total. The van der Waals surface area contributed by atoms with Crippen LogP contribution in [0.4, 0.5) is 26.3 Å². The van der Waals surface area contributed by atoms with Gasteiger partial charge in [-0.1, -0.05) is 24.3 Å². The van der Waals surface area contributed by atoms with Gasteiger partial charge in [0.15, 0.2) is 0 Å². The van der Waals surface area contributed by atoms with Gasteiger partial charge in [0.05, 0.1) is 0 Å². The maximum absolute atomic E-state index is 14.0. The van der Waals surface area contributed by atoms with E-state index in [2.05, 4.69) is 0 Å². The Kier molecular flexibility index (Phi) is 5.27. The standard InChI is InChI=1S/C16H12F6O3S/c1-10-9-11(15(19,14(17)18)16(20,21)22)7-8-13(10)25-26(23,24)12-5-3-2-4-6-12/h2-9,14H,1H3. The fraction of sp³-hybridized carbons (Fsp3) is 0.250. The zero-order valence-electron chi connectivity index (χ0n) is 13.1. The quantitative estimate of drug-likeness (QED) is 0.539. The van der Waals surface area contributed by atoms with Gasteiger partial charge in [-0.2, -0.15) is 21.6 Å². The van der Waals surface area contributed by atoms with E-state index < -0.39 is 39.7 Å². The number of hydrogen-bond donors (Lipinski definition) is 0. The van der Waals surface area contributed by atoms with Crippen LogP contribution in [0, 0.1) is 6.92 Å². The molecule has 2 aromatic carbocycles. The molecule has 0 heterocycles. The van der Waals surface area contributed by atoms with Gasteiger partial charge in [0.2, 0.25) is 0 Å². The molecule has 0 bridgehead atoms. The molecule has 26 heavy (non-hydrogen) atoms. The van der Waals surface area contributed by atoms with Gasteiger partial charge in [0, 0.05) is 5.56 Å². The van der Waals surface area contributed by atoms with E-state index in [1.165, 1.54) is 24.3 Å². The molecule has 0 aliphatic carbocycles. The van der Waals surface area contributed by atoms with E-state index >= 15 is 0 Å². The molecule has 0 aliphatic heterocycles. The SMILES string of the molecule is Cc1cc(C(F)(C(F)F)C(F)(F)F)ccc1OS(=O)(=O)c1ccccc1. The van der Waals surface area contributed by atoms with Crippen LogP contribution in [0.15, 0.2) is 53.4 Å². The highest BCUT2D eigenvalue weighted by Gasteiger charge is 2.64. The zero-order valence-corrected chi connectivity index (χ0v) is 13.9. The molecule has 0 aliphatic rings. The minimum Gasteiger partial charge on any atom is -0.379 e. The van der Waals surface area contributed by atoms with Gasteiger partial charge < -0.3 is 4.18 Å². The molecule has 10 heteroatoms.